The molecule has 1 amide bonds. The van der Waals surface area contributed by atoms with E-state index in [1.807, 2.05) is 0 Å². The molecule has 1 aliphatic carbocycles. The lowest BCUT2D eigenvalue weighted by Crippen LogP contribution is -2.37. The molecule has 1 saturated carbocycles. The highest BCUT2D eigenvalue weighted by Crippen LogP contribution is 2.38. The van der Waals surface area contributed by atoms with Crippen LogP contribution in [0.1, 0.15) is 30.1 Å². The first-order chi connectivity index (χ1) is 16.0. The number of carbonyl (C=O) groups excluding carboxylic acids is 2. The van der Waals surface area contributed by atoms with Crippen molar-refractivity contribution in [2.75, 3.05) is 18.9 Å². The summed E-state index contributed by atoms with van der Waals surface area (Å²) < 4.78 is 44.0. The smallest absolute Gasteiger partial charge is 0.340 e. The third-order valence-electron chi connectivity index (χ3n) is 4.83. The number of benzene rings is 2. The maximum absolute atomic E-state index is 13.1. The van der Waals surface area contributed by atoms with Gasteiger partial charge in [-0.05, 0) is 38.0 Å². The highest BCUT2D eigenvalue weighted by Gasteiger charge is 2.29. The Morgan fingerprint density at radius 2 is 1.62 bits per heavy atom. The van der Waals surface area contributed by atoms with E-state index in [1.165, 1.54) is 33.3 Å². The highest BCUT2D eigenvalue weighted by molar-refractivity contribution is 7.92. The number of methoxy groups -OCH3 is 2. The van der Waals surface area contributed by atoms with Crippen LogP contribution in [0.15, 0.2) is 29.2 Å². The number of halogens is 3. The Morgan fingerprint density at radius 1 is 0.971 bits per heavy atom. The number of carbonyl (C=O) groups is 2. The Morgan fingerprint density at radius 3 is 2.21 bits per heavy atom. The van der Waals surface area contributed by atoms with Crippen LogP contribution in [0.3, 0.4) is 0 Å². The SMILES string of the molecule is COc1cc(OC)c(NS(=O)(=O)c2cc(C(=O)O[C@@H](C)C(=O)NC3CC3)c(Cl)cc2Cl)cc1Cl. The number of amides is 1. The van der Waals surface area contributed by atoms with Crippen LogP contribution in [0, 0.1) is 0 Å². The van der Waals surface area contributed by atoms with E-state index < -0.39 is 32.9 Å². The van der Waals surface area contributed by atoms with E-state index in [0.717, 1.165) is 25.0 Å². The molecule has 9 nitrogen and oxygen atoms in total. The zero-order chi connectivity index (χ0) is 25.2. The molecule has 0 aromatic heterocycles. The number of rotatable bonds is 9. The molecule has 0 heterocycles. The molecule has 0 unspecified atom stereocenters. The number of ether oxygens (including phenoxy) is 3. The standard InChI is InChI=1S/C21H21Cl3N2O7S/c1-10(20(27)25-11-4-5-11)33-21(28)12-6-19(15(24)7-13(12)22)34(29,30)26-16-8-14(23)17(31-2)9-18(16)32-3/h6-11,26H,4-5H2,1-3H3,(H,25,27)/t10-/m0/s1. The number of nitrogens with one attached hydrogen (secondary N) is 2. The molecule has 1 aliphatic rings. The van der Waals surface area contributed by atoms with Crippen molar-refractivity contribution in [3.05, 3.63) is 44.9 Å². The maximum atomic E-state index is 13.1. The summed E-state index contributed by atoms with van der Waals surface area (Å²) in [6.45, 7) is 1.40. The fourth-order valence-corrected chi connectivity index (χ4v) is 5.01. The second-order valence-corrected chi connectivity index (χ2v) is 10.3. The van der Waals surface area contributed by atoms with Crippen LogP contribution in [0.25, 0.3) is 0 Å². The fourth-order valence-electron chi connectivity index (χ4n) is 2.85. The Hall–Kier alpha value is -2.40. The van der Waals surface area contributed by atoms with Gasteiger partial charge >= 0.3 is 5.97 Å². The van der Waals surface area contributed by atoms with Gasteiger partial charge in [-0.2, -0.15) is 0 Å². The summed E-state index contributed by atoms with van der Waals surface area (Å²) in [4.78, 5) is 24.3. The number of hydrogen-bond donors (Lipinski definition) is 2. The van der Waals surface area contributed by atoms with Crippen LogP contribution < -0.4 is 19.5 Å². The van der Waals surface area contributed by atoms with Crippen molar-refractivity contribution in [2.24, 2.45) is 0 Å². The van der Waals surface area contributed by atoms with E-state index in [1.54, 1.807) is 0 Å². The molecule has 3 rings (SSSR count). The highest BCUT2D eigenvalue weighted by atomic mass is 35.5. The van der Waals surface area contributed by atoms with Crippen LogP contribution >= 0.6 is 34.8 Å². The molecule has 0 bridgehead atoms. The number of hydrogen-bond acceptors (Lipinski definition) is 7. The van der Waals surface area contributed by atoms with Gasteiger partial charge in [0.1, 0.15) is 16.4 Å². The van der Waals surface area contributed by atoms with Gasteiger partial charge in [-0.25, -0.2) is 13.2 Å². The minimum Gasteiger partial charge on any atom is -0.495 e. The Kier molecular flexibility index (Phi) is 8.07. The molecule has 0 spiro atoms. The van der Waals surface area contributed by atoms with Gasteiger partial charge in [-0.3, -0.25) is 9.52 Å². The molecule has 2 aromatic rings. The van der Waals surface area contributed by atoms with Crippen molar-refractivity contribution >= 4 is 62.4 Å². The first kappa shape index (κ1) is 26.2. The van der Waals surface area contributed by atoms with Crippen molar-refractivity contribution in [3.63, 3.8) is 0 Å². The Bertz CT molecular complexity index is 1230. The normalized spacial score (nSPS) is 14.2. The number of sulfonamides is 1. The van der Waals surface area contributed by atoms with Gasteiger partial charge in [-0.1, -0.05) is 34.8 Å². The van der Waals surface area contributed by atoms with Crippen LogP contribution in [0.4, 0.5) is 5.69 Å². The van der Waals surface area contributed by atoms with Crippen molar-refractivity contribution in [1.29, 1.82) is 0 Å². The van der Waals surface area contributed by atoms with Crippen molar-refractivity contribution < 1.29 is 32.2 Å². The summed E-state index contributed by atoms with van der Waals surface area (Å²) >= 11 is 18.4. The lowest BCUT2D eigenvalue weighted by molar-refractivity contribution is -0.129. The molecule has 34 heavy (non-hydrogen) atoms. The molecule has 13 heteroatoms. The summed E-state index contributed by atoms with van der Waals surface area (Å²) in [5.74, 6) is -1.04. The molecular weight excluding hydrogens is 531 g/mol. The summed E-state index contributed by atoms with van der Waals surface area (Å²) in [7, 11) is -1.61. The maximum Gasteiger partial charge on any atom is 0.340 e. The predicted octanol–water partition coefficient (Wildman–Crippen LogP) is 4.29. The van der Waals surface area contributed by atoms with Gasteiger partial charge in [-0.15, -0.1) is 0 Å². The van der Waals surface area contributed by atoms with E-state index in [0.29, 0.717) is 0 Å². The van der Waals surface area contributed by atoms with E-state index in [4.69, 9.17) is 49.0 Å². The first-order valence-corrected chi connectivity index (χ1v) is 12.5. The summed E-state index contributed by atoms with van der Waals surface area (Å²) in [6, 6.07) is 4.86. The largest absolute Gasteiger partial charge is 0.495 e. The third kappa shape index (κ3) is 5.99. The average molecular weight is 552 g/mol. The second kappa shape index (κ2) is 10.5. The monoisotopic (exact) mass is 550 g/mol. The van der Waals surface area contributed by atoms with E-state index in [9.17, 15) is 18.0 Å². The van der Waals surface area contributed by atoms with Crippen LogP contribution in [-0.4, -0.2) is 46.7 Å². The predicted molar refractivity (Wildman–Crippen MR) is 128 cm³/mol. The summed E-state index contributed by atoms with van der Waals surface area (Å²) in [5, 5.41) is 2.46. The average Bonchev–Trinajstić information content (AvgIpc) is 3.57. The lowest BCUT2D eigenvalue weighted by atomic mass is 10.2. The summed E-state index contributed by atoms with van der Waals surface area (Å²) in [6.07, 6.45) is 0.630. The summed E-state index contributed by atoms with van der Waals surface area (Å²) in [5.41, 5.74) is -0.272. The van der Waals surface area contributed by atoms with E-state index >= 15 is 0 Å². The Balaban J connectivity index is 1.89. The van der Waals surface area contributed by atoms with Crippen LogP contribution in [0.5, 0.6) is 11.5 Å². The van der Waals surface area contributed by atoms with Gasteiger partial charge < -0.3 is 19.5 Å². The molecule has 2 aromatic carbocycles. The van der Waals surface area contributed by atoms with Gasteiger partial charge in [0, 0.05) is 12.1 Å². The van der Waals surface area contributed by atoms with Crippen molar-refractivity contribution in [1.82, 2.24) is 5.32 Å². The second-order valence-electron chi connectivity index (χ2n) is 7.39. The van der Waals surface area contributed by atoms with Crippen molar-refractivity contribution in [2.45, 2.75) is 36.8 Å². The number of esters is 1. The van der Waals surface area contributed by atoms with Crippen LogP contribution in [-0.2, 0) is 19.6 Å². The quantitative estimate of drug-likeness (QED) is 0.446. The minimum absolute atomic E-state index is 0.00816. The van der Waals surface area contributed by atoms with Gasteiger partial charge in [0.15, 0.2) is 6.10 Å². The first-order valence-electron chi connectivity index (χ1n) is 9.91. The third-order valence-corrected chi connectivity index (χ3v) is 7.26. The molecule has 184 valence electrons. The van der Waals surface area contributed by atoms with E-state index in [2.05, 4.69) is 10.0 Å². The van der Waals surface area contributed by atoms with Gasteiger partial charge in [0.05, 0.1) is 40.5 Å². The molecule has 2 N–H and O–H groups in total. The molecule has 0 saturated heterocycles. The zero-order valence-corrected chi connectivity index (χ0v) is 21.4. The minimum atomic E-state index is -4.35. The molecular formula is C21H21Cl3N2O7S. The van der Waals surface area contributed by atoms with Crippen molar-refractivity contribution in [3.8, 4) is 11.5 Å². The molecule has 0 aliphatic heterocycles. The van der Waals surface area contributed by atoms with E-state index in [-0.39, 0.29) is 43.9 Å². The number of anilines is 1. The molecule has 1 atom stereocenters. The van der Waals surface area contributed by atoms with Gasteiger partial charge in [0.2, 0.25) is 0 Å². The van der Waals surface area contributed by atoms with Gasteiger partial charge in [0.25, 0.3) is 15.9 Å². The molecule has 1 fully saturated rings. The van der Waals surface area contributed by atoms with Crippen LogP contribution in [0.2, 0.25) is 15.1 Å². The topological polar surface area (TPSA) is 120 Å². The Labute approximate surface area is 211 Å². The molecule has 0 radical (unpaired) electrons. The fraction of sp³-hybridized carbons (Fsp3) is 0.333. The lowest BCUT2D eigenvalue weighted by Gasteiger charge is -2.16. The zero-order valence-electron chi connectivity index (χ0n) is 18.3.